The van der Waals surface area contributed by atoms with Gasteiger partial charge in [0.25, 0.3) is 0 Å². The van der Waals surface area contributed by atoms with Crippen LogP contribution >= 0.6 is 146 Å². The second-order valence-corrected chi connectivity index (χ2v) is 17.7. The van der Waals surface area contributed by atoms with Crippen LogP contribution in [-0.4, -0.2) is 13.9 Å². The Morgan fingerprint density at radius 1 is 0.667 bits per heavy atom. The molecule has 0 unspecified atom stereocenters. The van der Waals surface area contributed by atoms with Gasteiger partial charge in [0.1, 0.15) is 0 Å². The lowest BCUT2D eigenvalue weighted by atomic mass is 10.4. The highest BCUT2D eigenvalue weighted by Gasteiger charge is 2.54. The number of hydrogen-bond donors (Lipinski definition) is 0. The van der Waals surface area contributed by atoms with Crippen LogP contribution in [0.15, 0.2) is 69.3 Å². The van der Waals surface area contributed by atoms with E-state index in [1.807, 2.05) is 90.4 Å². The fraction of sp³-hybridized carbons (Fsp3) is 0.0526. The third kappa shape index (κ3) is 6.23. The average Bonchev–Trinajstić information content (AvgIpc) is 2.65. The van der Waals surface area contributed by atoms with Gasteiger partial charge >= 0.3 is 15.6 Å². The zero-order valence-corrected chi connectivity index (χ0v) is 30.2. The van der Waals surface area contributed by atoms with Crippen molar-refractivity contribution in [3.05, 3.63) is 76.0 Å². The molecule has 33 heavy (non-hydrogen) atoms. The van der Waals surface area contributed by atoms with Gasteiger partial charge in [-0.1, -0.05) is 18.2 Å². The number of alkyl halides is 3. The molecule has 0 amide bonds. The molecule has 3 nitrogen and oxygen atoms in total. The fourth-order valence-corrected chi connectivity index (χ4v) is 18.5. The largest absolute Gasteiger partial charge is 0.524 e. The summed E-state index contributed by atoms with van der Waals surface area (Å²) in [6.07, 6.45) is 0. The third-order valence-electron chi connectivity index (χ3n) is 4.05. The predicted octanol–water partition coefficient (Wildman–Crippen LogP) is 9.38. The molecule has 0 spiro atoms. The average molecular weight is 1170 g/mol. The topological polar surface area (TPSA) is 43.4 Å². The molecule has 0 radical (unpaired) electrons. The van der Waals surface area contributed by atoms with Crippen molar-refractivity contribution in [2.45, 2.75) is 20.2 Å². The summed E-state index contributed by atoms with van der Waals surface area (Å²) < 4.78 is 76.1. The number of rotatable bonds is 5. The van der Waals surface area contributed by atoms with E-state index in [0.717, 1.165) is 7.14 Å². The van der Waals surface area contributed by atoms with E-state index in [9.17, 15) is 21.6 Å². The SMILES string of the molecule is O=S(=O)(OS(c1ccccc1)(c1c(I)cc(I)cc1I)c1c(I)cc(I)cc1I)C(F)(F)F. The van der Waals surface area contributed by atoms with E-state index in [4.69, 9.17) is 3.63 Å². The minimum atomic E-state index is -5.97. The maximum absolute atomic E-state index is 13.7. The maximum atomic E-state index is 13.7. The molecule has 0 aromatic heterocycles. The molecule has 3 rings (SSSR count). The minimum Gasteiger partial charge on any atom is -0.200 e. The Kier molecular flexibility index (Phi) is 10.3. The molecule has 3 aromatic rings. The van der Waals surface area contributed by atoms with Crippen LogP contribution in [0, 0.1) is 21.4 Å². The zero-order chi connectivity index (χ0) is 24.8. The summed E-state index contributed by atoms with van der Waals surface area (Å²) in [5.41, 5.74) is -5.58. The molecule has 0 atom stereocenters. The first-order chi connectivity index (χ1) is 15.2. The van der Waals surface area contributed by atoms with Gasteiger partial charge in [0.2, 0.25) is 0 Å². The summed E-state index contributed by atoms with van der Waals surface area (Å²) >= 11 is 12.4. The first-order valence-electron chi connectivity index (χ1n) is 8.40. The minimum absolute atomic E-state index is 0.354. The van der Waals surface area contributed by atoms with E-state index < -0.39 is 25.9 Å². The Labute approximate surface area is 272 Å². The van der Waals surface area contributed by atoms with Gasteiger partial charge in [0, 0.05) is 36.1 Å². The fourth-order valence-electron chi connectivity index (χ4n) is 2.84. The quantitative estimate of drug-likeness (QED) is 0.189. The van der Waals surface area contributed by atoms with Crippen LogP contribution in [0.3, 0.4) is 0 Å². The summed E-state index contributed by atoms with van der Waals surface area (Å²) in [4.78, 5) is 1.19. The molecular weight excluding hydrogens is 1160 g/mol. The Balaban J connectivity index is 2.62. The maximum Gasteiger partial charge on any atom is 0.524 e. The summed E-state index contributed by atoms with van der Waals surface area (Å²) in [7, 11) is -9.34. The standard InChI is InChI=1S/C19H9F3I6O3S2/c20-19(21,22)33(29,30)31-32(12-4-2-1-3-5-12,17-13(25)6-10(23)7-14(17)26)18-15(27)8-11(24)9-16(18)28/h1-9H. The van der Waals surface area contributed by atoms with Crippen LogP contribution in [0.1, 0.15) is 0 Å². The highest BCUT2D eigenvalue weighted by Crippen LogP contribution is 2.73. The Hall–Kier alpha value is 2.09. The van der Waals surface area contributed by atoms with Gasteiger partial charge in [-0.2, -0.15) is 25.2 Å². The predicted molar refractivity (Wildman–Crippen MR) is 174 cm³/mol. The van der Waals surface area contributed by atoms with Crippen molar-refractivity contribution in [2.75, 3.05) is 0 Å². The molecule has 0 bridgehead atoms. The number of halogens is 9. The van der Waals surface area contributed by atoms with E-state index in [-0.39, 0.29) is 0 Å². The van der Waals surface area contributed by atoms with Gasteiger partial charge < -0.3 is 0 Å². The normalized spacial score (nSPS) is 13.2. The number of hydrogen-bond acceptors (Lipinski definition) is 3. The lowest BCUT2D eigenvalue weighted by Gasteiger charge is -2.41. The molecule has 178 valence electrons. The van der Waals surface area contributed by atoms with E-state index in [1.165, 1.54) is 0 Å². The second-order valence-electron chi connectivity index (χ2n) is 6.23. The van der Waals surface area contributed by atoms with Crippen molar-refractivity contribution in [3.8, 4) is 0 Å². The Morgan fingerprint density at radius 2 is 1.03 bits per heavy atom. The smallest absolute Gasteiger partial charge is 0.200 e. The summed E-state index contributed by atoms with van der Waals surface area (Å²) in [6.45, 7) is 0. The van der Waals surface area contributed by atoms with Crippen LogP contribution in [-0.2, 0) is 13.7 Å². The van der Waals surface area contributed by atoms with Gasteiger partial charge in [-0.05, 0) is 182 Å². The number of benzene rings is 3. The van der Waals surface area contributed by atoms with Crippen LogP contribution in [0.25, 0.3) is 0 Å². The van der Waals surface area contributed by atoms with E-state index in [2.05, 4.69) is 45.2 Å². The van der Waals surface area contributed by atoms with Crippen molar-refractivity contribution in [1.82, 2.24) is 0 Å². The van der Waals surface area contributed by atoms with Crippen molar-refractivity contribution in [3.63, 3.8) is 0 Å². The molecule has 14 heteroatoms. The van der Waals surface area contributed by atoms with Crippen LogP contribution in [0.4, 0.5) is 13.2 Å². The Bertz CT molecular complexity index is 1210. The van der Waals surface area contributed by atoms with Crippen molar-refractivity contribution in [1.29, 1.82) is 0 Å². The molecule has 0 aliphatic heterocycles. The molecule has 0 aliphatic carbocycles. The van der Waals surface area contributed by atoms with Crippen LogP contribution in [0.5, 0.6) is 0 Å². The van der Waals surface area contributed by atoms with Crippen LogP contribution < -0.4 is 0 Å². The van der Waals surface area contributed by atoms with Crippen molar-refractivity contribution < 1.29 is 25.2 Å². The highest BCUT2D eigenvalue weighted by molar-refractivity contribution is 14.1. The van der Waals surface area contributed by atoms with E-state index in [1.54, 1.807) is 54.6 Å². The molecule has 0 fully saturated rings. The van der Waals surface area contributed by atoms with Gasteiger partial charge in [-0.3, -0.25) is 0 Å². The molecule has 0 aliphatic rings. The summed E-state index contributed by atoms with van der Waals surface area (Å²) in [5.74, 6) is 0. The first kappa shape index (κ1) is 29.6. The van der Waals surface area contributed by atoms with Crippen molar-refractivity contribution >= 4 is 156 Å². The monoisotopic (exact) mass is 1170 g/mol. The summed E-state index contributed by atoms with van der Waals surface area (Å²) in [5, 5.41) is 0. The zero-order valence-electron chi connectivity index (χ0n) is 15.6. The summed E-state index contributed by atoms with van der Waals surface area (Å²) in [6, 6.07) is 15.5. The highest BCUT2D eigenvalue weighted by atomic mass is 127. The molecule has 3 aromatic carbocycles. The molecule has 0 N–H and O–H groups in total. The van der Waals surface area contributed by atoms with E-state index >= 15 is 0 Å². The van der Waals surface area contributed by atoms with Gasteiger partial charge in [0.15, 0.2) is 0 Å². The molecular formula is C19H9F3I6O3S2. The molecule has 0 saturated carbocycles. The lowest BCUT2D eigenvalue weighted by Crippen LogP contribution is -2.28. The second kappa shape index (κ2) is 11.5. The van der Waals surface area contributed by atoms with Gasteiger partial charge in [-0.25, -0.2) is 0 Å². The van der Waals surface area contributed by atoms with E-state index in [0.29, 0.717) is 29.0 Å². The van der Waals surface area contributed by atoms with Crippen molar-refractivity contribution in [2.24, 2.45) is 0 Å². The van der Waals surface area contributed by atoms with Crippen LogP contribution in [0.2, 0.25) is 0 Å². The lowest BCUT2D eigenvalue weighted by molar-refractivity contribution is -0.0496. The Morgan fingerprint density at radius 3 is 1.36 bits per heavy atom. The van der Waals surface area contributed by atoms with Gasteiger partial charge in [0.05, 0.1) is 0 Å². The third-order valence-corrected chi connectivity index (χ3v) is 15.2. The molecule has 0 heterocycles. The first-order valence-corrected chi connectivity index (χ1v) is 17.8. The molecule has 0 saturated heterocycles. The van der Waals surface area contributed by atoms with Gasteiger partial charge in [-0.15, -0.1) is 0 Å².